The predicted molar refractivity (Wildman–Crippen MR) is 93.3 cm³/mol. The Morgan fingerprint density at radius 3 is 2.92 bits per heavy atom. The van der Waals surface area contributed by atoms with Gasteiger partial charge in [0.25, 0.3) is 0 Å². The molecule has 6 heteroatoms. The van der Waals surface area contributed by atoms with E-state index in [4.69, 9.17) is 9.84 Å². The maximum atomic E-state index is 5.48. The zero-order chi connectivity index (χ0) is 15.9. The molecule has 0 atom stereocenters. The second-order valence-electron chi connectivity index (χ2n) is 5.99. The molecule has 5 rings (SSSR count). The van der Waals surface area contributed by atoms with Crippen LogP contribution in [0.3, 0.4) is 0 Å². The predicted octanol–water partition coefficient (Wildman–Crippen LogP) is 2.71. The molecule has 4 heterocycles. The van der Waals surface area contributed by atoms with E-state index in [2.05, 4.69) is 45.2 Å². The zero-order valence-corrected chi connectivity index (χ0v) is 13.1. The van der Waals surface area contributed by atoms with E-state index in [9.17, 15) is 0 Å². The van der Waals surface area contributed by atoms with Crippen LogP contribution in [0.5, 0.6) is 0 Å². The van der Waals surface area contributed by atoms with E-state index in [0.29, 0.717) is 0 Å². The Bertz CT molecular complexity index is 1010. The molecule has 6 nitrogen and oxygen atoms in total. The lowest BCUT2D eigenvalue weighted by atomic mass is 10.1. The third-order valence-corrected chi connectivity index (χ3v) is 4.54. The minimum absolute atomic E-state index is 0.750. The number of fused-ring (bicyclic) bond motifs is 2. The summed E-state index contributed by atoms with van der Waals surface area (Å²) in [4.78, 5) is 10.0. The van der Waals surface area contributed by atoms with E-state index in [1.807, 2.05) is 16.9 Å². The van der Waals surface area contributed by atoms with Crippen molar-refractivity contribution in [3.63, 3.8) is 0 Å². The van der Waals surface area contributed by atoms with Gasteiger partial charge in [-0.15, -0.1) is 0 Å². The summed E-state index contributed by atoms with van der Waals surface area (Å²) in [5, 5.41) is 5.93. The smallest absolute Gasteiger partial charge is 0.177 e. The quantitative estimate of drug-likeness (QED) is 0.617. The van der Waals surface area contributed by atoms with Crippen LogP contribution in [-0.2, 0) is 4.74 Å². The maximum absolute atomic E-state index is 5.48. The van der Waals surface area contributed by atoms with Crippen LogP contribution in [0.2, 0.25) is 0 Å². The van der Waals surface area contributed by atoms with Crippen LogP contribution in [0, 0.1) is 0 Å². The fourth-order valence-corrected chi connectivity index (χ4v) is 3.29. The molecular formula is C18H17N5O. The first-order valence-electron chi connectivity index (χ1n) is 8.13. The molecule has 120 valence electrons. The van der Waals surface area contributed by atoms with Crippen molar-refractivity contribution in [2.75, 3.05) is 31.2 Å². The highest BCUT2D eigenvalue weighted by Crippen LogP contribution is 2.28. The summed E-state index contributed by atoms with van der Waals surface area (Å²) in [5.41, 5.74) is 5.19. The average Bonchev–Trinajstić information content (AvgIpc) is 3.29. The number of rotatable bonds is 2. The number of morpholine rings is 1. The Morgan fingerprint density at radius 1 is 1.08 bits per heavy atom. The van der Waals surface area contributed by atoms with Crippen molar-refractivity contribution in [2.45, 2.75) is 0 Å². The van der Waals surface area contributed by atoms with Crippen molar-refractivity contribution in [1.29, 1.82) is 0 Å². The minimum Gasteiger partial charge on any atom is -0.378 e. The van der Waals surface area contributed by atoms with E-state index < -0.39 is 0 Å². The van der Waals surface area contributed by atoms with Crippen molar-refractivity contribution < 1.29 is 4.74 Å². The molecular weight excluding hydrogens is 302 g/mol. The number of anilines is 1. The topological polar surface area (TPSA) is 58.5 Å². The van der Waals surface area contributed by atoms with Gasteiger partial charge < -0.3 is 14.6 Å². The van der Waals surface area contributed by atoms with E-state index in [1.165, 1.54) is 5.39 Å². The normalized spacial score (nSPS) is 15.4. The maximum Gasteiger partial charge on any atom is 0.177 e. The highest BCUT2D eigenvalue weighted by molar-refractivity contribution is 5.85. The van der Waals surface area contributed by atoms with Crippen LogP contribution in [0.1, 0.15) is 0 Å². The third kappa shape index (κ3) is 2.15. The Kier molecular flexibility index (Phi) is 3.02. The number of aromatic nitrogens is 4. The van der Waals surface area contributed by atoms with Gasteiger partial charge in [-0.25, -0.2) is 9.50 Å². The summed E-state index contributed by atoms with van der Waals surface area (Å²) in [5.74, 6) is 0. The van der Waals surface area contributed by atoms with Gasteiger partial charge in [-0.1, -0.05) is 6.07 Å². The summed E-state index contributed by atoms with van der Waals surface area (Å²) < 4.78 is 7.34. The highest BCUT2D eigenvalue weighted by atomic mass is 16.5. The number of nitrogens with zero attached hydrogens (tertiary/aromatic N) is 4. The number of imidazole rings is 1. The van der Waals surface area contributed by atoms with Gasteiger partial charge in [-0.2, -0.15) is 5.10 Å². The molecule has 0 unspecified atom stereocenters. The number of hydrogen-bond acceptors (Lipinski definition) is 4. The molecule has 0 aliphatic carbocycles. The zero-order valence-electron chi connectivity index (χ0n) is 13.1. The fourth-order valence-electron chi connectivity index (χ4n) is 3.29. The van der Waals surface area contributed by atoms with E-state index in [0.717, 1.165) is 54.4 Å². The van der Waals surface area contributed by atoms with Gasteiger partial charge in [-0.3, -0.25) is 0 Å². The SMILES string of the molecule is c1cn2nc(-c3ccc4[nH]ccc4c3)cc(N3CCOCC3)c2n1. The Morgan fingerprint density at radius 2 is 2.00 bits per heavy atom. The van der Waals surface area contributed by atoms with E-state index in [-0.39, 0.29) is 0 Å². The fraction of sp³-hybridized carbons (Fsp3) is 0.222. The lowest BCUT2D eigenvalue weighted by molar-refractivity contribution is 0.123. The first-order valence-corrected chi connectivity index (χ1v) is 8.13. The molecule has 3 aromatic heterocycles. The van der Waals surface area contributed by atoms with E-state index >= 15 is 0 Å². The summed E-state index contributed by atoms with van der Waals surface area (Å²) in [6, 6.07) is 10.6. The van der Waals surface area contributed by atoms with E-state index in [1.54, 1.807) is 6.20 Å². The molecule has 0 amide bonds. The first-order chi connectivity index (χ1) is 11.9. The average molecular weight is 319 g/mol. The highest BCUT2D eigenvalue weighted by Gasteiger charge is 2.17. The number of aromatic amines is 1. The molecule has 0 radical (unpaired) electrons. The molecule has 0 bridgehead atoms. The van der Waals surface area contributed by atoms with Crippen molar-refractivity contribution in [3.05, 3.63) is 48.9 Å². The molecule has 1 aliphatic heterocycles. The minimum atomic E-state index is 0.750. The number of hydrogen-bond donors (Lipinski definition) is 1. The van der Waals surface area contributed by atoms with Gasteiger partial charge in [0.05, 0.1) is 24.6 Å². The van der Waals surface area contributed by atoms with Crippen molar-refractivity contribution in [3.8, 4) is 11.3 Å². The van der Waals surface area contributed by atoms with Crippen molar-refractivity contribution in [2.24, 2.45) is 0 Å². The molecule has 1 saturated heterocycles. The van der Waals surface area contributed by atoms with Crippen LogP contribution in [0.4, 0.5) is 5.69 Å². The lowest BCUT2D eigenvalue weighted by Gasteiger charge is -2.29. The molecule has 4 aromatic rings. The Balaban J connectivity index is 1.67. The summed E-state index contributed by atoms with van der Waals surface area (Å²) in [6.07, 6.45) is 5.66. The second-order valence-corrected chi connectivity index (χ2v) is 5.99. The third-order valence-electron chi connectivity index (χ3n) is 4.54. The van der Waals surface area contributed by atoms with Crippen molar-refractivity contribution in [1.82, 2.24) is 19.6 Å². The molecule has 1 aliphatic rings. The summed E-state index contributed by atoms with van der Waals surface area (Å²) in [7, 11) is 0. The van der Waals surface area contributed by atoms with Crippen molar-refractivity contribution >= 4 is 22.2 Å². The molecule has 1 aromatic carbocycles. The standard InChI is InChI=1S/C18H17N5O/c1-2-15-14(3-4-19-15)11-13(1)16-12-17(22-7-9-24-10-8-22)18-20-5-6-23(18)21-16/h1-6,11-12,19H,7-10H2. The Hall–Kier alpha value is -2.86. The van der Waals surface area contributed by atoms with Crippen LogP contribution in [0.25, 0.3) is 27.8 Å². The Labute approximate surface area is 138 Å². The van der Waals surface area contributed by atoms with Gasteiger partial charge in [0, 0.05) is 48.1 Å². The number of nitrogens with one attached hydrogen (secondary N) is 1. The van der Waals surface area contributed by atoms with Gasteiger partial charge in [-0.05, 0) is 24.3 Å². The van der Waals surface area contributed by atoms with Crippen LogP contribution >= 0.6 is 0 Å². The number of H-pyrrole nitrogens is 1. The largest absolute Gasteiger partial charge is 0.378 e. The molecule has 0 saturated carbocycles. The van der Waals surface area contributed by atoms with Gasteiger partial charge in [0.15, 0.2) is 5.65 Å². The van der Waals surface area contributed by atoms with Gasteiger partial charge in [0.1, 0.15) is 0 Å². The van der Waals surface area contributed by atoms with Crippen LogP contribution in [0.15, 0.2) is 48.9 Å². The lowest BCUT2D eigenvalue weighted by Crippen LogP contribution is -2.36. The summed E-state index contributed by atoms with van der Waals surface area (Å²) >= 11 is 0. The van der Waals surface area contributed by atoms with Gasteiger partial charge >= 0.3 is 0 Å². The molecule has 1 N–H and O–H groups in total. The van der Waals surface area contributed by atoms with Crippen LogP contribution in [-0.4, -0.2) is 45.9 Å². The first kappa shape index (κ1) is 13.6. The van der Waals surface area contributed by atoms with Gasteiger partial charge in [0.2, 0.25) is 0 Å². The molecule has 24 heavy (non-hydrogen) atoms. The number of benzene rings is 1. The second kappa shape index (κ2) is 5.35. The van der Waals surface area contributed by atoms with Crippen LogP contribution < -0.4 is 4.90 Å². The monoisotopic (exact) mass is 319 g/mol. The molecule has 0 spiro atoms. The summed E-state index contributed by atoms with van der Waals surface area (Å²) in [6.45, 7) is 3.26. The number of ether oxygens (including phenoxy) is 1. The molecule has 1 fully saturated rings.